The highest BCUT2D eigenvalue weighted by molar-refractivity contribution is 5.97. The van der Waals surface area contributed by atoms with Crippen LogP contribution < -0.4 is 11.1 Å². The molecule has 27 heavy (non-hydrogen) atoms. The molecule has 7 nitrogen and oxygen atoms in total. The van der Waals surface area contributed by atoms with Crippen LogP contribution in [0.15, 0.2) is 24.3 Å². The molecule has 0 spiro atoms. The second kappa shape index (κ2) is 8.82. The maximum Gasteiger partial charge on any atom is 0.254 e. The van der Waals surface area contributed by atoms with Gasteiger partial charge in [0, 0.05) is 37.6 Å². The fraction of sp³-hybridized carbons (Fsp3) is 0.600. The zero-order valence-corrected chi connectivity index (χ0v) is 16.0. The molecule has 2 saturated heterocycles. The minimum atomic E-state index is -0.550. The predicted octanol–water partition coefficient (Wildman–Crippen LogP) is 1.63. The third-order valence-electron chi connectivity index (χ3n) is 5.18. The summed E-state index contributed by atoms with van der Waals surface area (Å²) in [6, 6.07) is 6.42. The summed E-state index contributed by atoms with van der Waals surface area (Å²) >= 11 is 0. The Morgan fingerprint density at radius 2 is 1.70 bits per heavy atom. The summed E-state index contributed by atoms with van der Waals surface area (Å²) in [5.41, 5.74) is 7.34. The molecule has 1 aromatic rings. The Morgan fingerprint density at radius 1 is 1.11 bits per heavy atom. The van der Waals surface area contributed by atoms with Gasteiger partial charge in [0.15, 0.2) is 0 Å². The Bertz CT molecular complexity index is 648. The molecule has 2 fully saturated rings. The first-order valence-corrected chi connectivity index (χ1v) is 9.63. The Labute approximate surface area is 160 Å². The third-order valence-corrected chi connectivity index (χ3v) is 5.18. The number of amides is 2. The summed E-state index contributed by atoms with van der Waals surface area (Å²) in [4.78, 5) is 26.9. The van der Waals surface area contributed by atoms with Crippen LogP contribution in [0.4, 0.5) is 5.69 Å². The van der Waals surface area contributed by atoms with Crippen LogP contribution in [0.1, 0.15) is 37.0 Å². The van der Waals surface area contributed by atoms with Crippen molar-refractivity contribution in [2.24, 2.45) is 11.7 Å². The van der Waals surface area contributed by atoms with Crippen LogP contribution in [-0.2, 0) is 14.3 Å². The number of nitrogens with two attached hydrogens (primary N) is 1. The molecule has 0 aromatic heterocycles. The van der Waals surface area contributed by atoms with Crippen molar-refractivity contribution in [3.63, 3.8) is 0 Å². The lowest BCUT2D eigenvalue weighted by Crippen LogP contribution is -2.48. The number of carbonyl (C=O) groups is 2. The average molecular weight is 375 g/mol. The number of carbonyl (C=O) groups excluding carboxylic acids is 2. The van der Waals surface area contributed by atoms with Gasteiger partial charge in [-0.3, -0.25) is 9.59 Å². The summed E-state index contributed by atoms with van der Waals surface area (Å²) in [5.74, 6) is -0.0736. The van der Waals surface area contributed by atoms with Crippen molar-refractivity contribution in [2.45, 2.75) is 44.9 Å². The van der Waals surface area contributed by atoms with E-state index in [0.29, 0.717) is 37.6 Å². The molecular weight excluding hydrogens is 346 g/mol. The number of nitrogens with one attached hydrogen (secondary N) is 1. The van der Waals surface area contributed by atoms with Crippen LogP contribution in [0.3, 0.4) is 0 Å². The monoisotopic (exact) mass is 375 g/mol. The van der Waals surface area contributed by atoms with E-state index in [2.05, 4.69) is 5.32 Å². The minimum absolute atomic E-state index is 0.0196. The zero-order valence-electron chi connectivity index (χ0n) is 16.0. The van der Waals surface area contributed by atoms with Gasteiger partial charge in [-0.25, -0.2) is 0 Å². The topological polar surface area (TPSA) is 93.9 Å². The Morgan fingerprint density at radius 3 is 2.30 bits per heavy atom. The number of benzene rings is 1. The average Bonchev–Trinajstić information content (AvgIpc) is 2.67. The van der Waals surface area contributed by atoms with Gasteiger partial charge in [0.1, 0.15) is 0 Å². The van der Waals surface area contributed by atoms with Gasteiger partial charge < -0.3 is 25.4 Å². The van der Waals surface area contributed by atoms with Crippen LogP contribution in [0.25, 0.3) is 0 Å². The molecule has 1 aromatic carbocycles. The van der Waals surface area contributed by atoms with E-state index in [1.54, 1.807) is 24.3 Å². The molecule has 0 aliphatic carbocycles. The molecule has 0 bridgehead atoms. The number of hydrogen-bond acceptors (Lipinski definition) is 5. The molecule has 3 rings (SSSR count). The van der Waals surface area contributed by atoms with Crippen molar-refractivity contribution in [1.82, 2.24) is 4.90 Å². The van der Waals surface area contributed by atoms with Crippen molar-refractivity contribution in [3.05, 3.63) is 29.8 Å². The van der Waals surface area contributed by atoms with E-state index >= 15 is 0 Å². The second-order valence-corrected chi connectivity index (χ2v) is 7.51. The fourth-order valence-electron chi connectivity index (χ4n) is 3.74. The molecule has 3 unspecified atom stereocenters. The third kappa shape index (κ3) is 5.06. The van der Waals surface area contributed by atoms with E-state index in [0.717, 1.165) is 12.8 Å². The van der Waals surface area contributed by atoms with Gasteiger partial charge >= 0.3 is 0 Å². The van der Waals surface area contributed by atoms with Gasteiger partial charge in [-0.15, -0.1) is 0 Å². The predicted molar refractivity (Wildman–Crippen MR) is 103 cm³/mol. The van der Waals surface area contributed by atoms with E-state index in [-0.39, 0.29) is 29.9 Å². The molecule has 0 saturated carbocycles. The van der Waals surface area contributed by atoms with Gasteiger partial charge in [0.2, 0.25) is 5.91 Å². The van der Waals surface area contributed by atoms with Gasteiger partial charge in [0.05, 0.1) is 18.2 Å². The van der Waals surface area contributed by atoms with Crippen LogP contribution >= 0.6 is 0 Å². The first kappa shape index (κ1) is 19.8. The summed E-state index contributed by atoms with van der Waals surface area (Å²) in [7, 11) is 0. The van der Waals surface area contributed by atoms with Crippen molar-refractivity contribution >= 4 is 17.5 Å². The van der Waals surface area contributed by atoms with E-state index in [1.165, 1.54) is 0 Å². The first-order valence-electron chi connectivity index (χ1n) is 9.63. The van der Waals surface area contributed by atoms with E-state index in [1.807, 2.05) is 18.7 Å². The van der Waals surface area contributed by atoms with Gasteiger partial charge in [-0.2, -0.15) is 0 Å². The molecule has 7 heteroatoms. The van der Waals surface area contributed by atoms with Crippen molar-refractivity contribution in [2.75, 3.05) is 31.6 Å². The van der Waals surface area contributed by atoms with Gasteiger partial charge in [-0.1, -0.05) is 0 Å². The fourth-order valence-corrected chi connectivity index (χ4v) is 3.74. The normalized spacial score (nSPS) is 25.1. The first-order chi connectivity index (χ1) is 12.9. The number of hydrogen-bond donors (Lipinski definition) is 2. The number of anilines is 1. The molecular formula is C20H29N3O4. The molecule has 2 aliphatic heterocycles. The quantitative estimate of drug-likeness (QED) is 0.834. The number of rotatable bonds is 4. The van der Waals surface area contributed by atoms with Crippen LogP contribution in [-0.4, -0.2) is 61.3 Å². The zero-order chi connectivity index (χ0) is 19.4. The van der Waals surface area contributed by atoms with Crippen molar-refractivity contribution < 1.29 is 19.1 Å². The van der Waals surface area contributed by atoms with Gasteiger partial charge in [0.25, 0.3) is 5.91 Å². The lowest BCUT2D eigenvalue weighted by atomic mass is 9.92. The SMILES string of the molecule is CC1CN(C(=O)c2ccc(NC(=O)C(N)C3CCOCC3)cc2)CC(C)O1. The van der Waals surface area contributed by atoms with Crippen molar-refractivity contribution in [1.29, 1.82) is 0 Å². The lowest BCUT2D eigenvalue weighted by Gasteiger charge is -2.35. The van der Waals surface area contributed by atoms with Crippen LogP contribution in [0.5, 0.6) is 0 Å². The molecule has 2 heterocycles. The standard InChI is InChI=1S/C20H29N3O4/c1-13-11-23(12-14(2)27-13)20(25)16-3-5-17(6-4-16)22-19(24)18(21)15-7-9-26-10-8-15/h3-6,13-15,18H,7-12,21H2,1-2H3,(H,22,24). The Balaban J connectivity index is 1.58. The van der Waals surface area contributed by atoms with E-state index < -0.39 is 6.04 Å². The number of ether oxygens (including phenoxy) is 2. The Kier molecular flexibility index (Phi) is 6.46. The maximum atomic E-state index is 12.7. The second-order valence-electron chi connectivity index (χ2n) is 7.51. The molecule has 3 atom stereocenters. The number of nitrogens with zero attached hydrogens (tertiary/aromatic N) is 1. The number of morpholine rings is 1. The summed E-state index contributed by atoms with van der Waals surface area (Å²) in [6.45, 7) is 6.41. The largest absolute Gasteiger partial charge is 0.381 e. The highest BCUT2D eigenvalue weighted by Crippen LogP contribution is 2.20. The summed E-state index contributed by atoms with van der Waals surface area (Å²) in [6.07, 6.45) is 1.67. The van der Waals surface area contributed by atoms with E-state index in [9.17, 15) is 9.59 Å². The lowest BCUT2D eigenvalue weighted by molar-refractivity contribution is -0.119. The summed E-state index contributed by atoms with van der Waals surface area (Å²) < 4.78 is 11.0. The van der Waals surface area contributed by atoms with Crippen molar-refractivity contribution in [3.8, 4) is 0 Å². The Hall–Kier alpha value is -1.96. The smallest absolute Gasteiger partial charge is 0.254 e. The molecule has 2 aliphatic rings. The molecule has 2 amide bonds. The highest BCUT2D eigenvalue weighted by Gasteiger charge is 2.28. The highest BCUT2D eigenvalue weighted by atomic mass is 16.5. The van der Waals surface area contributed by atoms with Gasteiger partial charge in [-0.05, 0) is 56.9 Å². The van der Waals surface area contributed by atoms with Crippen LogP contribution in [0.2, 0.25) is 0 Å². The van der Waals surface area contributed by atoms with Crippen LogP contribution in [0, 0.1) is 5.92 Å². The maximum absolute atomic E-state index is 12.7. The summed E-state index contributed by atoms with van der Waals surface area (Å²) in [5, 5.41) is 2.85. The van der Waals surface area contributed by atoms with E-state index in [4.69, 9.17) is 15.2 Å². The molecule has 0 radical (unpaired) electrons. The molecule has 148 valence electrons. The molecule has 3 N–H and O–H groups in total. The minimum Gasteiger partial charge on any atom is -0.381 e.